The maximum absolute atomic E-state index is 12.7. The number of hydrogen-bond acceptors (Lipinski definition) is 3. The Morgan fingerprint density at radius 3 is 2.58 bits per heavy atom. The molecule has 1 aromatic heterocycles. The Morgan fingerprint density at radius 2 is 2.04 bits per heavy atom. The first-order chi connectivity index (χ1) is 11.4. The molecule has 1 saturated heterocycles. The molecule has 0 spiro atoms. The highest BCUT2D eigenvalue weighted by Crippen LogP contribution is 2.52. The molecule has 0 N–H and O–H groups in total. The molecule has 7 heteroatoms. The summed E-state index contributed by atoms with van der Waals surface area (Å²) in [7, 11) is 0. The van der Waals surface area contributed by atoms with Crippen molar-refractivity contribution >= 4 is 23.5 Å². The monoisotopic (exact) mass is 372 g/mol. The maximum atomic E-state index is 12.7. The molecule has 1 fully saturated rings. The Labute approximate surface area is 148 Å². The molecule has 1 aliphatic heterocycles. The number of thioether (sulfide) groups is 2. The van der Waals surface area contributed by atoms with Gasteiger partial charge < -0.3 is 4.57 Å². The van der Waals surface area contributed by atoms with Crippen LogP contribution in [-0.4, -0.2) is 24.6 Å². The summed E-state index contributed by atoms with van der Waals surface area (Å²) in [4.78, 5) is 4.10. The summed E-state index contributed by atoms with van der Waals surface area (Å²) in [5, 5.41) is 0.591. The Balaban J connectivity index is 1.79. The lowest BCUT2D eigenvalue weighted by molar-refractivity contribution is -0.137. The summed E-state index contributed by atoms with van der Waals surface area (Å²) in [5.41, 5.74) is 0.355. The minimum absolute atomic E-state index is 0.0544. The van der Waals surface area contributed by atoms with E-state index in [1.165, 1.54) is 12.1 Å². The van der Waals surface area contributed by atoms with Gasteiger partial charge in [0, 0.05) is 29.9 Å². The highest BCUT2D eigenvalue weighted by molar-refractivity contribution is 8.21. The van der Waals surface area contributed by atoms with Gasteiger partial charge in [0.1, 0.15) is 0 Å². The van der Waals surface area contributed by atoms with Gasteiger partial charge in [-0.25, -0.2) is 4.98 Å². The first-order valence-corrected chi connectivity index (χ1v) is 9.70. The van der Waals surface area contributed by atoms with Crippen molar-refractivity contribution in [3.8, 4) is 0 Å². The summed E-state index contributed by atoms with van der Waals surface area (Å²) in [6.07, 6.45) is 3.07. The predicted molar refractivity (Wildman–Crippen MR) is 94.2 cm³/mol. The molecule has 2 unspecified atom stereocenters. The van der Waals surface area contributed by atoms with E-state index < -0.39 is 11.7 Å². The fraction of sp³-hybridized carbons (Fsp3) is 0.471. The second-order valence-corrected chi connectivity index (χ2v) is 9.32. The molecular weight excluding hydrogens is 353 g/mol. The van der Waals surface area contributed by atoms with Gasteiger partial charge in [-0.2, -0.15) is 13.2 Å². The summed E-state index contributed by atoms with van der Waals surface area (Å²) in [6, 6.07) is 5.58. The van der Waals surface area contributed by atoms with Crippen LogP contribution < -0.4 is 0 Å². The van der Waals surface area contributed by atoms with Crippen LogP contribution in [0.3, 0.4) is 0 Å². The van der Waals surface area contributed by atoms with E-state index in [0.717, 1.165) is 30.7 Å². The van der Waals surface area contributed by atoms with Crippen molar-refractivity contribution in [1.29, 1.82) is 0 Å². The largest absolute Gasteiger partial charge is 0.416 e. The first kappa shape index (κ1) is 17.7. The van der Waals surface area contributed by atoms with Gasteiger partial charge in [-0.15, -0.1) is 23.5 Å². The SMILES string of the molecule is CCC1CSC(Cc2ccc(C(F)(F)F)cc2)(Cn2ccnc2)S1. The van der Waals surface area contributed by atoms with E-state index in [-0.39, 0.29) is 4.08 Å². The topological polar surface area (TPSA) is 17.8 Å². The third-order valence-electron chi connectivity index (χ3n) is 4.11. The average Bonchev–Trinajstić information content (AvgIpc) is 3.17. The van der Waals surface area contributed by atoms with Gasteiger partial charge in [0.15, 0.2) is 0 Å². The van der Waals surface area contributed by atoms with E-state index in [1.54, 1.807) is 24.7 Å². The van der Waals surface area contributed by atoms with Crippen molar-refractivity contribution in [1.82, 2.24) is 9.55 Å². The zero-order valence-corrected chi connectivity index (χ0v) is 14.9. The van der Waals surface area contributed by atoms with Crippen molar-refractivity contribution in [2.45, 2.75) is 41.8 Å². The molecule has 1 aromatic carbocycles. The fourth-order valence-corrected chi connectivity index (χ4v) is 6.67. The van der Waals surface area contributed by atoms with Crippen LogP contribution in [0.25, 0.3) is 0 Å². The third kappa shape index (κ3) is 4.11. The molecule has 0 aliphatic carbocycles. The van der Waals surface area contributed by atoms with Gasteiger partial charge in [-0.3, -0.25) is 0 Å². The lowest BCUT2D eigenvalue weighted by atomic mass is 10.1. The Bertz CT molecular complexity index is 655. The Hall–Kier alpha value is -1.08. The molecule has 0 bridgehead atoms. The number of benzene rings is 1. The van der Waals surface area contributed by atoms with Crippen LogP contribution in [0.5, 0.6) is 0 Å². The molecule has 2 heterocycles. The van der Waals surface area contributed by atoms with E-state index in [9.17, 15) is 13.2 Å². The molecule has 0 radical (unpaired) electrons. The average molecular weight is 372 g/mol. The van der Waals surface area contributed by atoms with Crippen LogP contribution in [0.1, 0.15) is 24.5 Å². The smallest absolute Gasteiger partial charge is 0.335 e. The van der Waals surface area contributed by atoms with Gasteiger partial charge in [-0.05, 0) is 30.5 Å². The normalized spacial score (nSPS) is 24.4. The standard InChI is InChI=1S/C17H19F3N2S2/c1-2-15-10-23-16(24-15,11-22-8-7-21-12-22)9-13-3-5-14(6-4-13)17(18,19)20/h3-8,12,15H,2,9-11H2,1H3. The first-order valence-electron chi connectivity index (χ1n) is 7.84. The highest BCUT2D eigenvalue weighted by atomic mass is 32.2. The van der Waals surface area contributed by atoms with Crippen LogP contribution in [-0.2, 0) is 19.1 Å². The quantitative estimate of drug-likeness (QED) is 0.727. The molecule has 24 heavy (non-hydrogen) atoms. The van der Waals surface area contributed by atoms with Crippen molar-refractivity contribution < 1.29 is 13.2 Å². The minimum atomic E-state index is -4.28. The van der Waals surface area contributed by atoms with E-state index in [0.29, 0.717) is 5.25 Å². The number of hydrogen-bond donors (Lipinski definition) is 0. The van der Waals surface area contributed by atoms with Crippen molar-refractivity contribution in [2.24, 2.45) is 0 Å². The van der Waals surface area contributed by atoms with Crippen LogP contribution >= 0.6 is 23.5 Å². The van der Waals surface area contributed by atoms with E-state index >= 15 is 0 Å². The van der Waals surface area contributed by atoms with Crippen LogP contribution in [0.4, 0.5) is 13.2 Å². The predicted octanol–water partition coefficient (Wildman–Crippen LogP) is 5.10. The third-order valence-corrected chi connectivity index (χ3v) is 7.86. The highest BCUT2D eigenvalue weighted by Gasteiger charge is 2.40. The molecule has 3 rings (SSSR count). The second kappa shape index (κ2) is 7.04. The molecule has 130 valence electrons. The summed E-state index contributed by atoms with van der Waals surface area (Å²) in [6.45, 7) is 2.99. The maximum Gasteiger partial charge on any atom is 0.416 e. The second-order valence-electron chi connectivity index (χ2n) is 5.98. The lowest BCUT2D eigenvalue weighted by Gasteiger charge is -2.28. The van der Waals surface area contributed by atoms with Gasteiger partial charge in [0.25, 0.3) is 0 Å². The molecule has 1 aliphatic rings. The van der Waals surface area contributed by atoms with Gasteiger partial charge in [-0.1, -0.05) is 19.1 Å². The van der Waals surface area contributed by atoms with Crippen molar-refractivity contribution in [3.05, 3.63) is 54.1 Å². The minimum Gasteiger partial charge on any atom is -0.335 e. The Kier molecular flexibility index (Phi) is 5.20. The lowest BCUT2D eigenvalue weighted by Crippen LogP contribution is -2.27. The Morgan fingerprint density at radius 1 is 1.29 bits per heavy atom. The number of imidazole rings is 1. The van der Waals surface area contributed by atoms with Crippen LogP contribution in [0, 0.1) is 0 Å². The summed E-state index contributed by atoms with van der Waals surface area (Å²) < 4.78 is 40.2. The fourth-order valence-electron chi connectivity index (χ4n) is 2.83. The number of nitrogens with zero attached hydrogens (tertiary/aromatic N) is 2. The van der Waals surface area contributed by atoms with Crippen LogP contribution in [0.2, 0.25) is 0 Å². The van der Waals surface area contributed by atoms with Crippen LogP contribution in [0.15, 0.2) is 43.0 Å². The zero-order valence-electron chi connectivity index (χ0n) is 13.3. The number of rotatable bonds is 5. The van der Waals surface area contributed by atoms with E-state index in [1.807, 2.05) is 29.7 Å². The van der Waals surface area contributed by atoms with Gasteiger partial charge in [0.2, 0.25) is 0 Å². The number of aromatic nitrogens is 2. The van der Waals surface area contributed by atoms with E-state index in [2.05, 4.69) is 16.5 Å². The number of alkyl halides is 3. The van der Waals surface area contributed by atoms with Crippen molar-refractivity contribution in [2.75, 3.05) is 5.75 Å². The molecule has 0 amide bonds. The van der Waals surface area contributed by atoms with Crippen molar-refractivity contribution in [3.63, 3.8) is 0 Å². The molecule has 2 atom stereocenters. The molecule has 0 saturated carbocycles. The van der Waals surface area contributed by atoms with Gasteiger partial charge >= 0.3 is 6.18 Å². The molecule has 2 nitrogen and oxygen atoms in total. The number of halogens is 3. The van der Waals surface area contributed by atoms with E-state index in [4.69, 9.17) is 0 Å². The zero-order chi connectivity index (χ0) is 17.2. The summed E-state index contributed by atoms with van der Waals surface area (Å²) >= 11 is 3.87. The van der Waals surface area contributed by atoms with Gasteiger partial charge in [0.05, 0.1) is 16.0 Å². The molecular formula is C17H19F3N2S2. The summed E-state index contributed by atoms with van der Waals surface area (Å²) in [5.74, 6) is 1.08. The molecule has 2 aromatic rings.